The third kappa shape index (κ3) is 4.23. The van der Waals surface area contributed by atoms with Gasteiger partial charge in [-0.15, -0.1) is 0 Å². The third-order valence-corrected chi connectivity index (χ3v) is 3.13. The van der Waals surface area contributed by atoms with Crippen LogP contribution in [0, 0.1) is 0 Å². The maximum Gasteiger partial charge on any atom is 0.335 e. The molecule has 0 bridgehead atoms. The van der Waals surface area contributed by atoms with Crippen LogP contribution in [0.25, 0.3) is 0 Å². The number of carboxylic acid groups (broad SMARTS) is 1. The highest BCUT2D eigenvalue weighted by Gasteiger charge is 2.14. The van der Waals surface area contributed by atoms with Gasteiger partial charge < -0.3 is 10.0 Å². The second kappa shape index (κ2) is 7.48. The van der Waals surface area contributed by atoms with Crippen LogP contribution in [0.2, 0.25) is 0 Å². The average molecular weight is 275 g/mol. The highest BCUT2D eigenvalue weighted by atomic mass is 16.4. The van der Waals surface area contributed by atoms with Crippen LogP contribution in [-0.2, 0) is 11.3 Å². The third-order valence-electron chi connectivity index (χ3n) is 3.13. The van der Waals surface area contributed by atoms with E-state index >= 15 is 0 Å². The maximum atomic E-state index is 12.2. The maximum absolute atomic E-state index is 12.2. The Bertz CT molecular complexity index is 503. The van der Waals surface area contributed by atoms with Crippen molar-refractivity contribution in [3.05, 3.63) is 47.0 Å². The zero-order valence-corrected chi connectivity index (χ0v) is 12.2. The van der Waals surface area contributed by atoms with Crippen molar-refractivity contribution < 1.29 is 14.7 Å². The molecule has 4 nitrogen and oxygen atoms in total. The molecule has 0 radical (unpaired) electrons. The standard InChI is InChI=1S/C16H21NO3/c1-4-10-17(15(18)12(3)5-2)11-13-6-8-14(9-7-13)16(19)20/h5-9H,4,10-11H2,1-3H3,(H,19,20). The number of aromatic carboxylic acids is 1. The molecule has 108 valence electrons. The first-order valence-electron chi connectivity index (χ1n) is 6.74. The van der Waals surface area contributed by atoms with Crippen LogP contribution in [0.1, 0.15) is 43.1 Å². The zero-order valence-electron chi connectivity index (χ0n) is 12.2. The van der Waals surface area contributed by atoms with Gasteiger partial charge in [-0.2, -0.15) is 0 Å². The summed E-state index contributed by atoms with van der Waals surface area (Å²) in [4.78, 5) is 24.8. The molecule has 0 unspecified atom stereocenters. The second-order valence-electron chi connectivity index (χ2n) is 4.70. The smallest absolute Gasteiger partial charge is 0.335 e. The molecule has 0 aliphatic heterocycles. The molecule has 0 heterocycles. The van der Waals surface area contributed by atoms with Gasteiger partial charge in [0.25, 0.3) is 0 Å². The van der Waals surface area contributed by atoms with Crippen LogP contribution in [0.4, 0.5) is 0 Å². The summed E-state index contributed by atoms with van der Waals surface area (Å²) in [5.74, 6) is -0.917. The number of carbonyl (C=O) groups is 2. The minimum absolute atomic E-state index is 0.0247. The Balaban J connectivity index is 2.85. The van der Waals surface area contributed by atoms with Crippen LogP contribution in [-0.4, -0.2) is 28.4 Å². The Morgan fingerprint density at radius 1 is 1.25 bits per heavy atom. The first-order valence-corrected chi connectivity index (χ1v) is 6.74. The van der Waals surface area contributed by atoms with E-state index in [2.05, 4.69) is 0 Å². The molecule has 0 aromatic heterocycles. The van der Waals surface area contributed by atoms with E-state index in [1.165, 1.54) is 0 Å². The Kier molecular flexibility index (Phi) is 5.97. The van der Waals surface area contributed by atoms with Crippen LogP contribution in [0.15, 0.2) is 35.9 Å². The Morgan fingerprint density at radius 3 is 2.30 bits per heavy atom. The molecular weight excluding hydrogens is 254 g/mol. The second-order valence-corrected chi connectivity index (χ2v) is 4.70. The number of benzene rings is 1. The monoisotopic (exact) mass is 275 g/mol. The predicted molar refractivity (Wildman–Crippen MR) is 78.5 cm³/mol. The summed E-state index contributed by atoms with van der Waals surface area (Å²) in [7, 11) is 0. The van der Waals surface area contributed by atoms with Crippen molar-refractivity contribution in [2.24, 2.45) is 0 Å². The lowest BCUT2D eigenvalue weighted by Gasteiger charge is -2.22. The van der Waals surface area contributed by atoms with Crippen LogP contribution >= 0.6 is 0 Å². The largest absolute Gasteiger partial charge is 0.478 e. The molecule has 1 aromatic carbocycles. The van der Waals surface area contributed by atoms with Gasteiger partial charge >= 0.3 is 5.97 Å². The quantitative estimate of drug-likeness (QED) is 0.812. The fourth-order valence-electron chi connectivity index (χ4n) is 1.87. The Morgan fingerprint density at radius 2 is 1.85 bits per heavy atom. The lowest BCUT2D eigenvalue weighted by molar-refractivity contribution is -0.127. The van der Waals surface area contributed by atoms with Gasteiger partial charge in [-0.1, -0.05) is 25.1 Å². The van der Waals surface area contributed by atoms with Gasteiger partial charge in [-0.05, 0) is 38.0 Å². The summed E-state index contributed by atoms with van der Waals surface area (Å²) in [5, 5.41) is 8.86. The van der Waals surface area contributed by atoms with Crippen molar-refractivity contribution in [3.63, 3.8) is 0 Å². The van der Waals surface area contributed by atoms with Gasteiger partial charge in [0.2, 0.25) is 5.91 Å². The van der Waals surface area contributed by atoms with Crippen LogP contribution in [0.5, 0.6) is 0 Å². The van der Waals surface area contributed by atoms with Crippen molar-refractivity contribution in [2.75, 3.05) is 6.54 Å². The molecule has 0 aliphatic rings. The Labute approximate surface area is 119 Å². The molecule has 0 spiro atoms. The molecule has 4 heteroatoms. The molecule has 1 rings (SSSR count). The molecule has 0 saturated heterocycles. The number of carbonyl (C=O) groups excluding carboxylic acids is 1. The number of allylic oxidation sites excluding steroid dienone is 1. The van der Waals surface area contributed by atoms with Gasteiger partial charge in [0, 0.05) is 18.7 Å². The number of nitrogens with zero attached hydrogens (tertiary/aromatic N) is 1. The lowest BCUT2D eigenvalue weighted by Crippen LogP contribution is -2.31. The number of carboxylic acids is 1. The topological polar surface area (TPSA) is 57.6 Å². The number of hydrogen-bond acceptors (Lipinski definition) is 2. The molecule has 1 N–H and O–H groups in total. The first-order chi connectivity index (χ1) is 9.49. The van der Waals surface area contributed by atoms with E-state index in [4.69, 9.17) is 5.11 Å². The minimum Gasteiger partial charge on any atom is -0.478 e. The van der Waals surface area contributed by atoms with Crippen LogP contribution in [0.3, 0.4) is 0 Å². The summed E-state index contributed by atoms with van der Waals surface area (Å²) in [6.07, 6.45) is 2.69. The van der Waals surface area contributed by atoms with Gasteiger partial charge in [-0.3, -0.25) is 4.79 Å². The SMILES string of the molecule is CC=C(C)C(=O)N(CCC)Cc1ccc(C(=O)O)cc1. The highest BCUT2D eigenvalue weighted by molar-refractivity contribution is 5.92. The minimum atomic E-state index is -0.942. The van der Waals surface area contributed by atoms with E-state index in [0.717, 1.165) is 17.6 Å². The number of hydrogen-bond donors (Lipinski definition) is 1. The van der Waals surface area contributed by atoms with E-state index in [-0.39, 0.29) is 11.5 Å². The molecule has 1 aromatic rings. The molecular formula is C16H21NO3. The van der Waals surface area contributed by atoms with Crippen molar-refractivity contribution >= 4 is 11.9 Å². The van der Waals surface area contributed by atoms with Crippen LogP contribution < -0.4 is 0 Å². The lowest BCUT2D eigenvalue weighted by atomic mass is 10.1. The van der Waals surface area contributed by atoms with Crippen molar-refractivity contribution in [2.45, 2.75) is 33.7 Å². The van der Waals surface area contributed by atoms with E-state index < -0.39 is 5.97 Å². The fraction of sp³-hybridized carbons (Fsp3) is 0.375. The summed E-state index contributed by atoms with van der Waals surface area (Å²) in [6.45, 7) is 6.86. The molecule has 0 atom stereocenters. The fourth-order valence-corrected chi connectivity index (χ4v) is 1.87. The molecule has 1 amide bonds. The summed E-state index contributed by atoms with van der Waals surface area (Å²) < 4.78 is 0. The molecule has 20 heavy (non-hydrogen) atoms. The van der Waals surface area contributed by atoms with Gasteiger partial charge in [0.05, 0.1) is 5.56 Å². The molecule has 0 fully saturated rings. The number of rotatable bonds is 6. The van der Waals surface area contributed by atoms with E-state index in [9.17, 15) is 9.59 Å². The van der Waals surface area contributed by atoms with Crippen molar-refractivity contribution in [1.29, 1.82) is 0 Å². The van der Waals surface area contributed by atoms with Gasteiger partial charge in [0.15, 0.2) is 0 Å². The zero-order chi connectivity index (χ0) is 15.1. The Hall–Kier alpha value is -2.10. The van der Waals surface area contributed by atoms with E-state index in [0.29, 0.717) is 13.1 Å². The normalized spacial score (nSPS) is 11.2. The van der Waals surface area contributed by atoms with Crippen molar-refractivity contribution in [3.8, 4) is 0 Å². The van der Waals surface area contributed by atoms with Gasteiger partial charge in [-0.25, -0.2) is 4.79 Å². The summed E-state index contributed by atoms with van der Waals surface area (Å²) >= 11 is 0. The van der Waals surface area contributed by atoms with E-state index in [1.54, 1.807) is 42.2 Å². The van der Waals surface area contributed by atoms with E-state index in [1.807, 2.05) is 13.8 Å². The summed E-state index contributed by atoms with van der Waals surface area (Å²) in [6, 6.07) is 6.64. The van der Waals surface area contributed by atoms with Gasteiger partial charge in [0.1, 0.15) is 0 Å². The van der Waals surface area contributed by atoms with Crippen molar-refractivity contribution in [1.82, 2.24) is 4.90 Å². The molecule has 0 aliphatic carbocycles. The number of amides is 1. The first kappa shape index (κ1) is 16.0. The predicted octanol–water partition coefficient (Wildman–Crippen LogP) is 3.09. The average Bonchev–Trinajstić information content (AvgIpc) is 2.45. The highest BCUT2D eigenvalue weighted by Crippen LogP contribution is 2.11. The molecule has 0 saturated carbocycles. The summed E-state index contributed by atoms with van der Waals surface area (Å²) in [5.41, 5.74) is 1.91.